The van der Waals surface area contributed by atoms with Crippen molar-refractivity contribution in [3.63, 3.8) is 0 Å². The van der Waals surface area contributed by atoms with Gasteiger partial charge in [-0.2, -0.15) is 0 Å². The van der Waals surface area contributed by atoms with Crippen LogP contribution in [0.3, 0.4) is 0 Å². The van der Waals surface area contributed by atoms with Crippen molar-refractivity contribution in [1.82, 2.24) is 5.32 Å². The fourth-order valence-electron chi connectivity index (χ4n) is 2.34. The molecule has 0 saturated heterocycles. The van der Waals surface area contributed by atoms with E-state index in [1.807, 2.05) is 24.3 Å². The summed E-state index contributed by atoms with van der Waals surface area (Å²) in [7, 11) is 0. The molecule has 0 bridgehead atoms. The molecule has 2 rings (SSSR count). The highest BCUT2D eigenvalue weighted by molar-refractivity contribution is 7.80. The normalized spacial score (nSPS) is 16.8. The van der Waals surface area contributed by atoms with Crippen LogP contribution < -0.4 is 5.32 Å². The van der Waals surface area contributed by atoms with Crippen LogP contribution in [0.5, 0.6) is 0 Å². The average Bonchev–Trinajstić information content (AvgIpc) is 2.38. The van der Waals surface area contributed by atoms with Crippen LogP contribution in [0.15, 0.2) is 29.2 Å². The SMILES string of the molecule is O=C(NCC1CCCCC1)c1ccc(S)cc1. The van der Waals surface area contributed by atoms with Gasteiger partial charge in [0.05, 0.1) is 0 Å². The molecule has 2 nitrogen and oxygen atoms in total. The molecule has 1 amide bonds. The van der Waals surface area contributed by atoms with Crippen molar-refractivity contribution in [2.24, 2.45) is 5.92 Å². The summed E-state index contributed by atoms with van der Waals surface area (Å²) in [6, 6.07) is 7.33. The highest BCUT2D eigenvalue weighted by Crippen LogP contribution is 2.22. The first-order valence-electron chi connectivity index (χ1n) is 6.33. The maximum Gasteiger partial charge on any atom is 0.251 e. The van der Waals surface area contributed by atoms with Gasteiger partial charge >= 0.3 is 0 Å². The zero-order valence-electron chi connectivity index (χ0n) is 9.98. The third kappa shape index (κ3) is 3.77. The lowest BCUT2D eigenvalue weighted by atomic mass is 9.89. The summed E-state index contributed by atoms with van der Waals surface area (Å²) in [6.07, 6.45) is 6.50. The van der Waals surface area contributed by atoms with Crippen LogP contribution in [0.25, 0.3) is 0 Å². The zero-order valence-corrected chi connectivity index (χ0v) is 10.9. The van der Waals surface area contributed by atoms with E-state index in [2.05, 4.69) is 17.9 Å². The van der Waals surface area contributed by atoms with E-state index in [-0.39, 0.29) is 5.91 Å². The van der Waals surface area contributed by atoms with Gasteiger partial charge in [-0.05, 0) is 43.0 Å². The molecule has 1 N–H and O–H groups in total. The number of nitrogens with one attached hydrogen (secondary N) is 1. The maximum atomic E-state index is 11.9. The van der Waals surface area contributed by atoms with E-state index < -0.39 is 0 Å². The maximum absolute atomic E-state index is 11.9. The van der Waals surface area contributed by atoms with Gasteiger partial charge in [0.1, 0.15) is 0 Å². The molecule has 0 heterocycles. The summed E-state index contributed by atoms with van der Waals surface area (Å²) in [5.41, 5.74) is 0.721. The van der Waals surface area contributed by atoms with Gasteiger partial charge in [-0.3, -0.25) is 4.79 Å². The van der Waals surface area contributed by atoms with Gasteiger partial charge in [-0.25, -0.2) is 0 Å². The van der Waals surface area contributed by atoms with Crippen molar-refractivity contribution in [1.29, 1.82) is 0 Å². The van der Waals surface area contributed by atoms with Crippen molar-refractivity contribution >= 4 is 18.5 Å². The molecule has 1 aliphatic rings. The summed E-state index contributed by atoms with van der Waals surface area (Å²) in [5.74, 6) is 0.709. The number of thiol groups is 1. The highest BCUT2D eigenvalue weighted by atomic mass is 32.1. The third-order valence-electron chi connectivity index (χ3n) is 3.41. The number of hydrogen-bond acceptors (Lipinski definition) is 2. The zero-order chi connectivity index (χ0) is 12.1. The van der Waals surface area contributed by atoms with Crippen LogP contribution in [0, 0.1) is 5.92 Å². The summed E-state index contributed by atoms with van der Waals surface area (Å²) >= 11 is 4.20. The summed E-state index contributed by atoms with van der Waals surface area (Å²) < 4.78 is 0. The van der Waals surface area contributed by atoms with E-state index in [1.54, 1.807) is 0 Å². The Bertz CT molecular complexity index is 368. The Morgan fingerprint density at radius 2 is 1.82 bits per heavy atom. The Hall–Kier alpha value is -0.960. The van der Waals surface area contributed by atoms with Gasteiger partial charge < -0.3 is 5.32 Å². The molecule has 0 atom stereocenters. The molecule has 1 aromatic rings. The molecular formula is C14H19NOS. The number of benzene rings is 1. The molecule has 92 valence electrons. The number of carbonyl (C=O) groups is 1. The molecule has 1 fully saturated rings. The van der Waals surface area contributed by atoms with Crippen molar-refractivity contribution in [3.8, 4) is 0 Å². The fourth-order valence-corrected chi connectivity index (χ4v) is 2.49. The van der Waals surface area contributed by atoms with Crippen LogP contribution in [0.2, 0.25) is 0 Å². The van der Waals surface area contributed by atoms with Crippen LogP contribution in [-0.2, 0) is 0 Å². The van der Waals surface area contributed by atoms with E-state index in [0.29, 0.717) is 5.92 Å². The molecule has 0 unspecified atom stereocenters. The van der Waals surface area contributed by atoms with E-state index >= 15 is 0 Å². The molecule has 0 aliphatic heterocycles. The first kappa shape index (κ1) is 12.5. The first-order valence-corrected chi connectivity index (χ1v) is 6.77. The summed E-state index contributed by atoms with van der Waals surface area (Å²) in [4.78, 5) is 12.7. The smallest absolute Gasteiger partial charge is 0.251 e. The molecule has 1 aromatic carbocycles. The van der Waals surface area contributed by atoms with Crippen molar-refractivity contribution in [2.75, 3.05) is 6.54 Å². The van der Waals surface area contributed by atoms with Gasteiger partial charge in [0.25, 0.3) is 5.91 Å². The minimum Gasteiger partial charge on any atom is -0.352 e. The number of hydrogen-bond donors (Lipinski definition) is 2. The first-order chi connectivity index (χ1) is 8.25. The van der Waals surface area contributed by atoms with Gasteiger partial charge in [0.15, 0.2) is 0 Å². The number of amides is 1. The Morgan fingerprint density at radius 3 is 2.47 bits per heavy atom. The Kier molecular flexibility index (Phi) is 4.49. The Morgan fingerprint density at radius 1 is 1.18 bits per heavy atom. The lowest BCUT2D eigenvalue weighted by Crippen LogP contribution is -2.30. The van der Waals surface area contributed by atoms with Crippen LogP contribution in [0.4, 0.5) is 0 Å². The predicted octanol–water partition coefficient (Wildman–Crippen LogP) is 3.29. The van der Waals surface area contributed by atoms with Crippen molar-refractivity contribution in [2.45, 2.75) is 37.0 Å². The minimum absolute atomic E-state index is 0.0314. The van der Waals surface area contributed by atoms with Crippen LogP contribution >= 0.6 is 12.6 Å². The highest BCUT2D eigenvalue weighted by Gasteiger charge is 2.14. The molecular weight excluding hydrogens is 230 g/mol. The second-order valence-corrected chi connectivity index (χ2v) is 5.28. The van der Waals surface area contributed by atoms with E-state index in [4.69, 9.17) is 0 Å². The number of carbonyl (C=O) groups excluding carboxylic acids is 1. The van der Waals surface area contributed by atoms with Gasteiger partial charge in [0, 0.05) is 17.0 Å². The second kappa shape index (κ2) is 6.10. The molecule has 0 radical (unpaired) electrons. The third-order valence-corrected chi connectivity index (χ3v) is 3.70. The van der Waals surface area contributed by atoms with E-state index in [0.717, 1.165) is 17.0 Å². The van der Waals surface area contributed by atoms with Crippen LogP contribution in [-0.4, -0.2) is 12.5 Å². The van der Waals surface area contributed by atoms with Gasteiger partial charge in [-0.1, -0.05) is 19.3 Å². The largest absolute Gasteiger partial charge is 0.352 e. The van der Waals surface area contributed by atoms with Gasteiger partial charge in [-0.15, -0.1) is 12.6 Å². The van der Waals surface area contributed by atoms with E-state index in [1.165, 1.54) is 32.1 Å². The van der Waals surface area contributed by atoms with Crippen LogP contribution in [0.1, 0.15) is 42.5 Å². The molecule has 3 heteroatoms. The standard InChI is InChI=1S/C14H19NOS/c16-14(12-6-8-13(17)9-7-12)15-10-11-4-2-1-3-5-11/h6-9,11,17H,1-5,10H2,(H,15,16). The van der Waals surface area contributed by atoms with Gasteiger partial charge in [0.2, 0.25) is 0 Å². The molecule has 17 heavy (non-hydrogen) atoms. The van der Waals surface area contributed by atoms with E-state index in [9.17, 15) is 4.79 Å². The molecule has 0 aromatic heterocycles. The summed E-state index contributed by atoms with van der Waals surface area (Å²) in [6.45, 7) is 0.821. The number of rotatable bonds is 3. The predicted molar refractivity (Wildman–Crippen MR) is 72.6 cm³/mol. The molecule has 1 aliphatic carbocycles. The quantitative estimate of drug-likeness (QED) is 0.791. The Balaban J connectivity index is 1.82. The minimum atomic E-state index is 0.0314. The lowest BCUT2D eigenvalue weighted by Gasteiger charge is -2.21. The second-order valence-electron chi connectivity index (χ2n) is 4.76. The Labute approximate surface area is 108 Å². The fraction of sp³-hybridized carbons (Fsp3) is 0.500. The average molecular weight is 249 g/mol. The molecule has 1 saturated carbocycles. The summed E-state index contributed by atoms with van der Waals surface area (Å²) in [5, 5.41) is 3.02. The lowest BCUT2D eigenvalue weighted by molar-refractivity contribution is 0.0943. The monoisotopic (exact) mass is 249 g/mol. The topological polar surface area (TPSA) is 29.1 Å². The van der Waals surface area contributed by atoms with Crippen molar-refractivity contribution in [3.05, 3.63) is 29.8 Å². The molecule has 0 spiro atoms. The van der Waals surface area contributed by atoms with Crippen molar-refractivity contribution < 1.29 is 4.79 Å².